The van der Waals surface area contributed by atoms with Crippen LogP contribution in [0.3, 0.4) is 0 Å². The van der Waals surface area contributed by atoms with Crippen LogP contribution < -0.4 is 10.3 Å². The molecule has 0 radical (unpaired) electrons. The van der Waals surface area contributed by atoms with Crippen molar-refractivity contribution in [2.45, 2.75) is 39.2 Å². The number of ether oxygens (including phenoxy) is 1. The number of fused-ring (bicyclic) bond motifs is 1. The second kappa shape index (κ2) is 10.4. The van der Waals surface area contributed by atoms with Gasteiger partial charge in [-0.1, -0.05) is 13.8 Å². The van der Waals surface area contributed by atoms with Gasteiger partial charge in [-0.25, -0.2) is 9.78 Å². The number of thiazole rings is 1. The van der Waals surface area contributed by atoms with Crippen molar-refractivity contribution in [1.82, 2.24) is 19.4 Å². The molecule has 4 heterocycles. The second-order valence-corrected chi connectivity index (χ2v) is 8.98. The van der Waals surface area contributed by atoms with E-state index in [1.165, 1.54) is 10.5 Å². The van der Waals surface area contributed by atoms with Crippen LogP contribution in [-0.4, -0.2) is 30.4 Å². The Labute approximate surface area is 200 Å². The Bertz CT molecular complexity index is 1390. The fourth-order valence-electron chi connectivity index (χ4n) is 3.32. The van der Waals surface area contributed by atoms with E-state index in [2.05, 4.69) is 34.2 Å². The SMILES string of the molecule is CC(C)c1csc(CCc2ccn3c(=O)c(C=CC(=O)O)c(OCc4ccncc4)nc3c2)n1. The van der Waals surface area contributed by atoms with Crippen molar-refractivity contribution in [3.05, 3.63) is 92.1 Å². The van der Waals surface area contributed by atoms with Crippen LogP contribution in [0.5, 0.6) is 5.88 Å². The topological polar surface area (TPSA) is 107 Å². The molecule has 0 spiro atoms. The molecule has 34 heavy (non-hydrogen) atoms. The van der Waals surface area contributed by atoms with Crippen LogP contribution in [0, 0.1) is 0 Å². The molecule has 4 aromatic heterocycles. The van der Waals surface area contributed by atoms with Crippen molar-refractivity contribution in [3.63, 3.8) is 0 Å². The van der Waals surface area contributed by atoms with E-state index >= 15 is 0 Å². The van der Waals surface area contributed by atoms with E-state index in [9.17, 15) is 9.59 Å². The Morgan fingerprint density at radius 3 is 2.68 bits per heavy atom. The molecular formula is C25H24N4O4S. The molecule has 0 aliphatic heterocycles. The summed E-state index contributed by atoms with van der Waals surface area (Å²) in [5, 5.41) is 12.2. The van der Waals surface area contributed by atoms with Gasteiger partial charge in [-0.05, 0) is 53.8 Å². The lowest BCUT2D eigenvalue weighted by Gasteiger charge is -2.11. The van der Waals surface area contributed by atoms with Crippen molar-refractivity contribution >= 4 is 29.0 Å². The molecule has 0 fully saturated rings. The Kier molecular flexibility index (Phi) is 7.12. The van der Waals surface area contributed by atoms with Gasteiger partial charge in [0.15, 0.2) is 0 Å². The maximum Gasteiger partial charge on any atom is 0.328 e. The Hall–Kier alpha value is -3.85. The molecule has 9 heteroatoms. The third-order valence-corrected chi connectivity index (χ3v) is 6.13. The molecule has 0 bridgehead atoms. The minimum atomic E-state index is -1.16. The Morgan fingerprint density at radius 2 is 1.97 bits per heavy atom. The van der Waals surface area contributed by atoms with Crippen LogP contribution >= 0.6 is 11.3 Å². The standard InChI is InChI=1S/C25H24N4O4S/c1-16(2)20-15-34-22(27-20)5-3-17-9-12-29-21(13-17)28-24(19(25(29)32)4-6-23(30)31)33-14-18-7-10-26-11-8-18/h4,6-13,15-16H,3,5,14H2,1-2H3,(H,30,31). The summed E-state index contributed by atoms with van der Waals surface area (Å²) in [5.74, 6) is -0.683. The van der Waals surface area contributed by atoms with Gasteiger partial charge in [0.05, 0.1) is 10.7 Å². The number of hydrogen-bond donors (Lipinski definition) is 1. The summed E-state index contributed by atoms with van der Waals surface area (Å²) in [6.45, 7) is 4.42. The zero-order valence-corrected chi connectivity index (χ0v) is 19.7. The highest BCUT2D eigenvalue weighted by Gasteiger charge is 2.14. The highest BCUT2D eigenvalue weighted by atomic mass is 32.1. The summed E-state index contributed by atoms with van der Waals surface area (Å²) < 4.78 is 7.23. The number of aryl methyl sites for hydroxylation is 2. The molecule has 0 unspecified atom stereocenters. The maximum absolute atomic E-state index is 13.1. The minimum absolute atomic E-state index is 0.0747. The van der Waals surface area contributed by atoms with Crippen LogP contribution in [-0.2, 0) is 24.2 Å². The van der Waals surface area contributed by atoms with E-state index in [0.717, 1.165) is 40.7 Å². The van der Waals surface area contributed by atoms with Crippen molar-refractivity contribution in [2.75, 3.05) is 0 Å². The van der Waals surface area contributed by atoms with E-state index in [-0.39, 0.29) is 18.1 Å². The molecule has 8 nitrogen and oxygen atoms in total. The number of aromatic nitrogens is 4. The van der Waals surface area contributed by atoms with E-state index in [1.807, 2.05) is 12.1 Å². The molecule has 0 aromatic carbocycles. The Morgan fingerprint density at radius 1 is 1.18 bits per heavy atom. The number of carboxylic acids is 1. The number of rotatable bonds is 9. The van der Waals surface area contributed by atoms with Gasteiger partial charge in [0, 0.05) is 36.5 Å². The summed E-state index contributed by atoms with van der Waals surface area (Å²) >= 11 is 1.66. The first-order chi connectivity index (χ1) is 16.4. The third-order valence-electron chi connectivity index (χ3n) is 5.20. The number of pyridine rings is 2. The molecule has 0 atom stereocenters. The summed E-state index contributed by atoms with van der Waals surface area (Å²) in [6, 6.07) is 7.31. The largest absolute Gasteiger partial charge is 0.478 e. The second-order valence-electron chi connectivity index (χ2n) is 8.04. The predicted octanol–water partition coefficient (Wildman–Crippen LogP) is 4.13. The normalized spacial score (nSPS) is 11.5. The third kappa shape index (κ3) is 5.55. The highest BCUT2D eigenvalue weighted by molar-refractivity contribution is 7.09. The molecule has 0 saturated heterocycles. The molecule has 174 valence electrons. The molecule has 0 aliphatic carbocycles. The maximum atomic E-state index is 13.1. The lowest BCUT2D eigenvalue weighted by Crippen LogP contribution is -2.19. The van der Waals surface area contributed by atoms with Crippen LogP contribution in [0.25, 0.3) is 11.7 Å². The molecule has 1 N–H and O–H groups in total. The lowest BCUT2D eigenvalue weighted by atomic mass is 10.1. The molecule has 0 saturated carbocycles. The lowest BCUT2D eigenvalue weighted by molar-refractivity contribution is -0.131. The van der Waals surface area contributed by atoms with Gasteiger partial charge in [-0.3, -0.25) is 14.2 Å². The number of hydrogen-bond acceptors (Lipinski definition) is 7. The zero-order chi connectivity index (χ0) is 24.1. The van der Waals surface area contributed by atoms with Gasteiger partial charge in [0.2, 0.25) is 5.88 Å². The first-order valence-corrected chi connectivity index (χ1v) is 11.7. The molecule has 0 aliphatic rings. The van der Waals surface area contributed by atoms with Gasteiger partial charge in [-0.2, -0.15) is 4.98 Å². The van der Waals surface area contributed by atoms with Crippen LogP contribution in [0.4, 0.5) is 0 Å². The van der Waals surface area contributed by atoms with Crippen molar-refractivity contribution in [3.8, 4) is 5.88 Å². The minimum Gasteiger partial charge on any atom is -0.478 e. The van der Waals surface area contributed by atoms with Gasteiger partial charge < -0.3 is 9.84 Å². The van der Waals surface area contributed by atoms with Crippen LogP contribution in [0.15, 0.2) is 59.1 Å². The Balaban J connectivity index is 1.64. The van der Waals surface area contributed by atoms with Gasteiger partial charge in [0.25, 0.3) is 5.56 Å². The van der Waals surface area contributed by atoms with Crippen molar-refractivity contribution in [1.29, 1.82) is 0 Å². The molecule has 0 amide bonds. The average molecular weight is 477 g/mol. The quantitative estimate of drug-likeness (QED) is 0.362. The number of carbonyl (C=O) groups is 1. The van der Waals surface area contributed by atoms with E-state index in [0.29, 0.717) is 11.6 Å². The molecular weight excluding hydrogens is 452 g/mol. The van der Waals surface area contributed by atoms with Crippen molar-refractivity contribution in [2.24, 2.45) is 0 Å². The van der Waals surface area contributed by atoms with Crippen LogP contribution in [0.2, 0.25) is 0 Å². The van der Waals surface area contributed by atoms with E-state index in [1.54, 1.807) is 42.1 Å². The fraction of sp³-hybridized carbons (Fsp3) is 0.240. The van der Waals surface area contributed by atoms with Gasteiger partial charge in [-0.15, -0.1) is 11.3 Å². The summed E-state index contributed by atoms with van der Waals surface area (Å²) in [7, 11) is 0. The summed E-state index contributed by atoms with van der Waals surface area (Å²) in [5.41, 5.74) is 3.07. The number of aliphatic carboxylic acids is 1. The number of nitrogens with zero attached hydrogens (tertiary/aromatic N) is 4. The smallest absolute Gasteiger partial charge is 0.328 e. The average Bonchev–Trinajstić information content (AvgIpc) is 3.31. The highest BCUT2D eigenvalue weighted by Crippen LogP contribution is 2.21. The first kappa shape index (κ1) is 23.3. The van der Waals surface area contributed by atoms with E-state index in [4.69, 9.17) is 9.84 Å². The van der Waals surface area contributed by atoms with Gasteiger partial charge in [0.1, 0.15) is 17.8 Å². The zero-order valence-electron chi connectivity index (χ0n) is 18.8. The molecule has 4 rings (SSSR count). The summed E-state index contributed by atoms with van der Waals surface area (Å²) in [4.78, 5) is 37.4. The fourth-order valence-corrected chi connectivity index (χ4v) is 4.28. The van der Waals surface area contributed by atoms with Crippen LogP contribution in [0.1, 0.15) is 47.2 Å². The van der Waals surface area contributed by atoms with Gasteiger partial charge >= 0.3 is 5.97 Å². The number of carboxylic acid groups (broad SMARTS) is 1. The monoisotopic (exact) mass is 476 g/mol. The molecule has 4 aromatic rings. The van der Waals surface area contributed by atoms with Crippen molar-refractivity contribution < 1.29 is 14.6 Å². The summed E-state index contributed by atoms with van der Waals surface area (Å²) in [6.07, 6.45) is 8.61. The first-order valence-electron chi connectivity index (χ1n) is 10.8. The van der Waals surface area contributed by atoms with E-state index < -0.39 is 11.5 Å². The predicted molar refractivity (Wildman–Crippen MR) is 130 cm³/mol.